The number of nitrogens with one attached hydrogen (secondary N) is 1. The summed E-state index contributed by atoms with van der Waals surface area (Å²) in [5.41, 5.74) is 2.84. The zero-order chi connectivity index (χ0) is 15.8. The molecule has 4 rings (SSSR count). The molecule has 0 radical (unpaired) electrons. The van der Waals surface area contributed by atoms with Crippen LogP contribution >= 0.6 is 11.6 Å². The fraction of sp³-hybridized carbons (Fsp3) is 0.353. The molecule has 1 fully saturated rings. The number of nitrogens with zero attached hydrogens (tertiary/aromatic N) is 4. The third kappa shape index (κ3) is 2.65. The molecule has 0 bridgehead atoms. The van der Waals surface area contributed by atoms with Crippen LogP contribution in [0.25, 0.3) is 16.7 Å². The van der Waals surface area contributed by atoms with Crippen LogP contribution in [0.15, 0.2) is 30.7 Å². The van der Waals surface area contributed by atoms with E-state index in [1.165, 1.54) is 25.7 Å². The van der Waals surface area contributed by atoms with Crippen LogP contribution in [0.1, 0.15) is 31.2 Å². The molecule has 1 aliphatic carbocycles. The van der Waals surface area contributed by atoms with Gasteiger partial charge in [0.25, 0.3) is 0 Å². The molecule has 0 amide bonds. The third-order valence-corrected chi connectivity index (χ3v) is 4.70. The van der Waals surface area contributed by atoms with Crippen molar-refractivity contribution < 1.29 is 0 Å². The van der Waals surface area contributed by atoms with Crippen LogP contribution in [0.3, 0.4) is 0 Å². The van der Waals surface area contributed by atoms with Gasteiger partial charge in [-0.05, 0) is 37.5 Å². The standard InChI is InChI=1S/C17H18ClN5/c1-11-6-7-12(18)8-15(11)23-17-14(9-21-23)16(19-10-20-17)22-13-4-2-3-5-13/h6-10,13H,2-5H2,1H3,(H,19,20,22). The lowest BCUT2D eigenvalue weighted by atomic mass is 10.2. The maximum Gasteiger partial charge on any atom is 0.168 e. The van der Waals surface area contributed by atoms with Crippen molar-refractivity contribution in [2.45, 2.75) is 38.6 Å². The van der Waals surface area contributed by atoms with Gasteiger partial charge >= 0.3 is 0 Å². The number of halogens is 1. The predicted octanol–water partition coefficient (Wildman–Crippen LogP) is 4.13. The number of aryl methyl sites for hydroxylation is 1. The number of anilines is 1. The second-order valence-electron chi connectivity index (χ2n) is 6.07. The van der Waals surface area contributed by atoms with Crippen molar-refractivity contribution in [2.24, 2.45) is 0 Å². The summed E-state index contributed by atoms with van der Waals surface area (Å²) >= 11 is 6.14. The van der Waals surface area contributed by atoms with Gasteiger partial charge in [-0.3, -0.25) is 0 Å². The number of aromatic nitrogens is 4. The van der Waals surface area contributed by atoms with Crippen molar-refractivity contribution >= 4 is 28.5 Å². The summed E-state index contributed by atoms with van der Waals surface area (Å²) < 4.78 is 1.83. The Labute approximate surface area is 139 Å². The number of rotatable bonds is 3. The van der Waals surface area contributed by atoms with E-state index in [0.717, 1.165) is 28.1 Å². The van der Waals surface area contributed by atoms with Crippen LogP contribution < -0.4 is 5.32 Å². The summed E-state index contributed by atoms with van der Waals surface area (Å²) in [4.78, 5) is 8.85. The largest absolute Gasteiger partial charge is 0.367 e. The lowest BCUT2D eigenvalue weighted by Crippen LogP contribution is -2.15. The normalized spacial score (nSPS) is 15.4. The summed E-state index contributed by atoms with van der Waals surface area (Å²) in [5.74, 6) is 0.868. The first-order valence-electron chi connectivity index (χ1n) is 7.94. The van der Waals surface area contributed by atoms with E-state index in [4.69, 9.17) is 11.6 Å². The molecule has 3 aromatic rings. The molecule has 1 saturated carbocycles. The Morgan fingerprint density at radius 3 is 2.87 bits per heavy atom. The highest BCUT2D eigenvalue weighted by Crippen LogP contribution is 2.27. The first-order valence-corrected chi connectivity index (χ1v) is 8.32. The number of fused-ring (bicyclic) bond motifs is 1. The summed E-state index contributed by atoms with van der Waals surface area (Å²) in [6.07, 6.45) is 8.39. The highest BCUT2D eigenvalue weighted by Gasteiger charge is 2.18. The highest BCUT2D eigenvalue weighted by molar-refractivity contribution is 6.30. The average Bonchev–Trinajstić information content (AvgIpc) is 3.20. The van der Waals surface area contributed by atoms with Crippen molar-refractivity contribution in [3.63, 3.8) is 0 Å². The molecule has 1 aliphatic rings. The van der Waals surface area contributed by atoms with Gasteiger partial charge in [0.2, 0.25) is 0 Å². The monoisotopic (exact) mass is 327 g/mol. The molecular formula is C17H18ClN5. The maximum absolute atomic E-state index is 6.14. The summed E-state index contributed by atoms with van der Waals surface area (Å²) in [6.45, 7) is 2.04. The lowest BCUT2D eigenvalue weighted by molar-refractivity contribution is 0.751. The minimum atomic E-state index is 0.504. The molecule has 2 aromatic heterocycles. The first-order chi connectivity index (χ1) is 11.2. The molecular weight excluding hydrogens is 310 g/mol. The van der Waals surface area contributed by atoms with E-state index in [2.05, 4.69) is 20.4 Å². The minimum Gasteiger partial charge on any atom is -0.367 e. The Morgan fingerprint density at radius 1 is 1.22 bits per heavy atom. The molecule has 0 spiro atoms. The van der Waals surface area contributed by atoms with Crippen LogP contribution in [-0.4, -0.2) is 25.8 Å². The lowest BCUT2D eigenvalue weighted by Gasteiger charge is -2.13. The molecule has 1 aromatic carbocycles. The van der Waals surface area contributed by atoms with Gasteiger partial charge < -0.3 is 5.32 Å². The predicted molar refractivity (Wildman–Crippen MR) is 92.3 cm³/mol. The Morgan fingerprint density at radius 2 is 2.04 bits per heavy atom. The van der Waals surface area contributed by atoms with Crippen LogP contribution in [0.5, 0.6) is 0 Å². The van der Waals surface area contributed by atoms with Gasteiger partial charge in [0.15, 0.2) is 5.65 Å². The van der Waals surface area contributed by atoms with Crippen molar-refractivity contribution in [1.82, 2.24) is 19.7 Å². The summed E-state index contributed by atoms with van der Waals surface area (Å²) in [5, 5.41) is 9.69. The number of hydrogen-bond donors (Lipinski definition) is 1. The zero-order valence-corrected chi connectivity index (χ0v) is 13.7. The van der Waals surface area contributed by atoms with Gasteiger partial charge in [0.05, 0.1) is 17.3 Å². The molecule has 0 unspecified atom stereocenters. The van der Waals surface area contributed by atoms with Crippen LogP contribution in [0, 0.1) is 6.92 Å². The van der Waals surface area contributed by atoms with Crippen LogP contribution in [0.2, 0.25) is 5.02 Å². The SMILES string of the molecule is Cc1ccc(Cl)cc1-n1ncc2c(NC3CCCC3)ncnc21. The second-order valence-corrected chi connectivity index (χ2v) is 6.51. The van der Waals surface area contributed by atoms with E-state index < -0.39 is 0 Å². The number of benzene rings is 1. The topological polar surface area (TPSA) is 55.6 Å². The van der Waals surface area contributed by atoms with Crippen molar-refractivity contribution in [3.05, 3.63) is 41.3 Å². The average molecular weight is 328 g/mol. The van der Waals surface area contributed by atoms with Crippen molar-refractivity contribution in [2.75, 3.05) is 5.32 Å². The Kier molecular flexibility index (Phi) is 3.65. The number of hydrogen-bond acceptors (Lipinski definition) is 4. The smallest absolute Gasteiger partial charge is 0.168 e. The van der Waals surface area contributed by atoms with Gasteiger partial charge in [-0.2, -0.15) is 5.10 Å². The fourth-order valence-corrected chi connectivity index (χ4v) is 3.38. The van der Waals surface area contributed by atoms with Gasteiger partial charge in [0, 0.05) is 11.1 Å². The maximum atomic E-state index is 6.14. The minimum absolute atomic E-state index is 0.504. The third-order valence-electron chi connectivity index (χ3n) is 4.46. The van der Waals surface area contributed by atoms with Crippen LogP contribution in [0.4, 0.5) is 5.82 Å². The van der Waals surface area contributed by atoms with Crippen LogP contribution in [-0.2, 0) is 0 Å². The quantitative estimate of drug-likeness (QED) is 0.785. The molecule has 0 aliphatic heterocycles. The van der Waals surface area contributed by atoms with E-state index >= 15 is 0 Å². The fourth-order valence-electron chi connectivity index (χ4n) is 3.21. The molecule has 2 heterocycles. The van der Waals surface area contributed by atoms with E-state index in [-0.39, 0.29) is 0 Å². The van der Waals surface area contributed by atoms with Gasteiger partial charge in [-0.15, -0.1) is 0 Å². The second kappa shape index (κ2) is 5.81. The van der Waals surface area contributed by atoms with Gasteiger partial charge in [0.1, 0.15) is 12.1 Å². The Bertz CT molecular complexity index is 851. The first kappa shape index (κ1) is 14.5. The van der Waals surface area contributed by atoms with Gasteiger partial charge in [-0.25, -0.2) is 14.6 Å². The highest BCUT2D eigenvalue weighted by atomic mass is 35.5. The Balaban J connectivity index is 1.79. The molecule has 23 heavy (non-hydrogen) atoms. The van der Waals surface area contributed by atoms with E-state index in [1.54, 1.807) is 6.33 Å². The van der Waals surface area contributed by atoms with E-state index in [1.807, 2.05) is 36.0 Å². The Hall–Kier alpha value is -2.14. The molecule has 6 heteroatoms. The van der Waals surface area contributed by atoms with Gasteiger partial charge in [-0.1, -0.05) is 30.5 Å². The zero-order valence-electron chi connectivity index (χ0n) is 13.0. The molecule has 118 valence electrons. The van der Waals surface area contributed by atoms with E-state index in [9.17, 15) is 0 Å². The molecule has 0 atom stereocenters. The molecule has 1 N–H and O–H groups in total. The van der Waals surface area contributed by atoms with E-state index in [0.29, 0.717) is 11.1 Å². The summed E-state index contributed by atoms with van der Waals surface area (Å²) in [6, 6.07) is 6.29. The summed E-state index contributed by atoms with van der Waals surface area (Å²) in [7, 11) is 0. The molecule has 0 saturated heterocycles. The molecule has 5 nitrogen and oxygen atoms in total. The van der Waals surface area contributed by atoms with Crippen molar-refractivity contribution in [3.8, 4) is 5.69 Å². The van der Waals surface area contributed by atoms with Crippen molar-refractivity contribution in [1.29, 1.82) is 0 Å².